The summed E-state index contributed by atoms with van der Waals surface area (Å²) in [4.78, 5) is 29.0. The molecule has 0 spiro atoms. The second-order valence-electron chi connectivity index (χ2n) is 5.88. The molecule has 1 atom stereocenters. The Morgan fingerprint density at radius 1 is 1.07 bits per heavy atom. The Bertz CT molecular complexity index is 1020. The van der Waals surface area contributed by atoms with E-state index in [2.05, 4.69) is 30.6 Å². The zero-order valence-electron chi connectivity index (χ0n) is 14.9. The van der Waals surface area contributed by atoms with Gasteiger partial charge in [0.25, 0.3) is 0 Å². The number of nitrogens with one attached hydrogen (secondary N) is 2. The van der Waals surface area contributed by atoms with Crippen LogP contribution in [0.3, 0.4) is 0 Å². The van der Waals surface area contributed by atoms with Gasteiger partial charge in [-0.25, -0.2) is 19.7 Å². The molecule has 0 aliphatic carbocycles. The van der Waals surface area contributed by atoms with Crippen LogP contribution in [-0.4, -0.2) is 26.0 Å². The van der Waals surface area contributed by atoms with E-state index in [1.807, 2.05) is 0 Å². The van der Waals surface area contributed by atoms with E-state index >= 15 is 0 Å². The predicted molar refractivity (Wildman–Crippen MR) is 100 cm³/mol. The number of benzene rings is 1. The number of urea groups is 1. The second-order valence-corrected chi connectivity index (χ2v) is 6.28. The van der Waals surface area contributed by atoms with E-state index in [4.69, 9.17) is 11.6 Å². The molecule has 1 aromatic carbocycles. The molecular formula is C18H14ClF3N6O. The van der Waals surface area contributed by atoms with Gasteiger partial charge in [-0.3, -0.25) is 4.98 Å². The highest BCUT2D eigenvalue weighted by atomic mass is 35.5. The molecule has 29 heavy (non-hydrogen) atoms. The Labute approximate surface area is 168 Å². The van der Waals surface area contributed by atoms with Crippen LogP contribution in [0.2, 0.25) is 5.02 Å². The maximum atomic E-state index is 12.8. The van der Waals surface area contributed by atoms with E-state index in [9.17, 15) is 18.0 Å². The molecule has 0 bridgehead atoms. The number of aromatic nitrogens is 4. The number of hydrogen-bond donors (Lipinski definition) is 2. The standard InChI is InChI=1S/C18H14ClF3N6O/c1-10(14-15(24-8-7-23-14)16-25-5-2-6-26-16)27-17(29)28-11-3-4-12(13(19)9-11)18(20,21)22/h2-10H,1H3,(H2,27,28,29)/t10-/m0/s1. The minimum Gasteiger partial charge on any atom is -0.330 e. The Morgan fingerprint density at radius 3 is 2.41 bits per heavy atom. The van der Waals surface area contributed by atoms with E-state index in [1.54, 1.807) is 25.4 Å². The maximum Gasteiger partial charge on any atom is 0.417 e. The van der Waals surface area contributed by atoms with Gasteiger partial charge >= 0.3 is 12.2 Å². The largest absolute Gasteiger partial charge is 0.417 e. The summed E-state index contributed by atoms with van der Waals surface area (Å²) >= 11 is 5.66. The quantitative estimate of drug-likeness (QED) is 0.646. The molecule has 3 aromatic rings. The lowest BCUT2D eigenvalue weighted by Crippen LogP contribution is -2.32. The average molecular weight is 423 g/mol. The van der Waals surface area contributed by atoms with Crippen LogP contribution in [0.25, 0.3) is 11.5 Å². The van der Waals surface area contributed by atoms with E-state index in [0.29, 0.717) is 17.2 Å². The lowest BCUT2D eigenvalue weighted by molar-refractivity contribution is -0.137. The second kappa shape index (κ2) is 8.39. The molecule has 2 N–H and O–H groups in total. The lowest BCUT2D eigenvalue weighted by Gasteiger charge is -2.16. The van der Waals surface area contributed by atoms with Crippen LogP contribution in [0.15, 0.2) is 49.1 Å². The molecule has 150 valence electrons. The van der Waals surface area contributed by atoms with Crippen LogP contribution in [-0.2, 0) is 6.18 Å². The van der Waals surface area contributed by atoms with Crippen molar-refractivity contribution in [1.29, 1.82) is 0 Å². The van der Waals surface area contributed by atoms with Gasteiger partial charge in [0.2, 0.25) is 0 Å². The summed E-state index contributed by atoms with van der Waals surface area (Å²) in [5, 5.41) is 4.57. The number of halogens is 4. The van der Waals surface area contributed by atoms with Crippen LogP contribution in [0.5, 0.6) is 0 Å². The molecule has 0 fully saturated rings. The van der Waals surface area contributed by atoms with Crippen molar-refractivity contribution in [1.82, 2.24) is 25.3 Å². The third-order valence-electron chi connectivity index (χ3n) is 3.79. The minimum atomic E-state index is -4.58. The third kappa shape index (κ3) is 4.96. The van der Waals surface area contributed by atoms with Gasteiger partial charge in [0, 0.05) is 30.5 Å². The molecule has 11 heteroatoms. The van der Waals surface area contributed by atoms with Crippen LogP contribution in [0, 0.1) is 0 Å². The van der Waals surface area contributed by atoms with Crippen molar-refractivity contribution in [3.05, 3.63) is 65.3 Å². The van der Waals surface area contributed by atoms with Gasteiger partial charge < -0.3 is 10.6 Å². The molecule has 0 radical (unpaired) electrons. The molecular weight excluding hydrogens is 409 g/mol. The number of nitrogens with zero attached hydrogens (tertiary/aromatic N) is 4. The monoisotopic (exact) mass is 422 g/mol. The summed E-state index contributed by atoms with van der Waals surface area (Å²) in [6.45, 7) is 1.68. The van der Waals surface area contributed by atoms with Gasteiger partial charge in [0.1, 0.15) is 5.69 Å². The lowest BCUT2D eigenvalue weighted by atomic mass is 10.1. The number of rotatable bonds is 4. The van der Waals surface area contributed by atoms with E-state index < -0.39 is 28.8 Å². The molecule has 0 unspecified atom stereocenters. The van der Waals surface area contributed by atoms with Crippen LogP contribution in [0.4, 0.5) is 23.7 Å². The van der Waals surface area contributed by atoms with Crippen LogP contribution >= 0.6 is 11.6 Å². The van der Waals surface area contributed by atoms with Gasteiger partial charge in [0.05, 0.1) is 22.3 Å². The van der Waals surface area contributed by atoms with E-state index in [0.717, 1.165) is 18.2 Å². The summed E-state index contributed by atoms with van der Waals surface area (Å²) in [5.41, 5.74) is -0.0400. The third-order valence-corrected chi connectivity index (χ3v) is 4.11. The molecule has 7 nitrogen and oxygen atoms in total. The highest BCUT2D eigenvalue weighted by Crippen LogP contribution is 2.35. The summed E-state index contributed by atoms with van der Waals surface area (Å²) in [7, 11) is 0. The van der Waals surface area contributed by atoms with Gasteiger partial charge in [0.15, 0.2) is 5.82 Å². The van der Waals surface area contributed by atoms with Crippen LogP contribution in [0.1, 0.15) is 24.2 Å². The molecule has 2 amide bonds. The first kappa shape index (κ1) is 20.5. The van der Waals surface area contributed by atoms with Gasteiger partial charge in [-0.15, -0.1) is 0 Å². The number of carbonyl (C=O) groups is 1. The minimum absolute atomic E-state index is 0.110. The van der Waals surface area contributed by atoms with Gasteiger partial charge in [-0.05, 0) is 31.2 Å². The summed E-state index contributed by atoms with van der Waals surface area (Å²) in [6.07, 6.45) is 1.48. The molecule has 0 saturated carbocycles. The molecule has 3 rings (SSSR count). The van der Waals surface area contributed by atoms with Crippen molar-refractivity contribution in [3.63, 3.8) is 0 Å². The molecule has 2 heterocycles. The Balaban J connectivity index is 1.73. The fourth-order valence-electron chi connectivity index (χ4n) is 2.51. The summed E-state index contributed by atoms with van der Waals surface area (Å²) in [6, 6.07) is 3.36. The highest BCUT2D eigenvalue weighted by Gasteiger charge is 2.33. The van der Waals surface area contributed by atoms with Crippen molar-refractivity contribution in [2.45, 2.75) is 19.1 Å². The first-order chi connectivity index (χ1) is 13.8. The SMILES string of the molecule is C[C@H](NC(=O)Nc1ccc(C(F)(F)F)c(Cl)c1)c1nccnc1-c1ncccn1. The first-order valence-electron chi connectivity index (χ1n) is 8.28. The number of carbonyl (C=O) groups excluding carboxylic acids is 1. The zero-order chi connectivity index (χ0) is 21.0. The van der Waals surface area contributed by atoms with Crippen molar-refractivity contribution < 1.29 is 18.0 Å². The number of anilines is 1. The van der Waals surface area contributed by atoms with Gasteiger partial charge in [-0.1, -0.05) is 11.6 Å². The number of alkyl halides is 3. The van der Waals surface area contributed by atoms with Crippen molar-refractivity contribution in [3.8, 4) is 11.5 Å². The van der Waals surface area contributed by atoms with Crippen LogP contribution < -0.4 is 10.6 Å². The Kier molecular flexibility index (Phi) is 5.92. The summed E-state index contributed by atoms with van der Waals surface area (Å²) in [5.74, 6) is 0.346. The van der Waals surface area contributed by atoms with Crippen molar-refractivity contribution >= 4 is 23.3 Å². The maximum absolute atomic E-state index is 12.8. The Morgan fingerprint density at radius 2 is 1.76 bits per heavy atom. The zero-order valence-corrected chi connectivity index (χ0v) is 15.7. The molecule has 0 saturated heterocycles. The smallest absolute Gasteiger partial charge is 0.330 e. The van der Waals surface area contributed by atoms with Gasteiger partial charge in [-0.2, -0.15) is 13.2 Å². The number of hydrogen-bond acceptors (Lipinski definition) is 5. The number of amides is 2. The van der Waals surface area contributed by atoms with E-state index in [-0.39, 0.29) is 5.69 Å². The fourth-order valence-corrected chi connectivity index (χ4v) is 2.80. The first-order valence-corrected chi connectivity index (χ1v) is 8.66. The van der Waals surface area contributed by atoms with E-state index in [1.165, 1.54) is 12.4 Å². The highest BCUT2D eigenvalue weighted by molar-refractivity contribution is 6.31. The normalized spacial score (nSPS) is 12.3. The van der Waals surface area contributed by atoms with Crippen molar-refractivity contribution in [2.75, 3.05) is 5.32 Å². The molecule has 2 aromatic heterocycles. The topological polar surface area (TPSA) is 92.7 Å². The molecule has 0 aliphatic rings. The summed E-state index contributed by atoms with van der Waals surface area (Å²) < 4.78 is 38.3. The average Bonchev–Trinajstić information content (AvgIpc) is 2.67. The Hall–Kier alpha value is -3.27. The predicted octanol–water partition coefficient (Wildman–Crippen LogP) is 4.49. The van der Waals surface area contributed by atoms with Crippen molar-refractivity contribution in [2.24, 2.45) is 0 Å². The fraction of sp³-hybridized carbons (Fsp3) is 0.167. The molecule has 0 aliphatic heterocycles.